The highest BCUT2D eigenvalue weighted by Crippen LogP contribution is 2.36. The molecule has 1 aliphatic rings. The van der Waals surface area contributed by atoms with E-state index >= 15 is 0 Å². The van der Waals surface area contributed by atoms with Gasteiger partial charge >= 0.3 is 0 Å². The van der Waals surface area contributed by atoms with E-state index in [0.717, 1.165) is 24.1 Å². The number of nitrogens with one attached hydrogen (secondary N) is 1. The fourth-order valence-corrected chi connectivity index (χ4v) is 4.55. The zero-order valence-corrected chi connectivity index (χ0v) is 16.6. The van der Waals surface area contributed by atoms with Crippen molar-refractivity contribution in [2.75, 3.05) is 18.0 Å². The Morgan fingerprint density at radius 3 is 2.74 bits per heavy atom. The highest BCUT2D eigenvalue weighted by molar-refractivity contribution is 7.10. The number of para-hydroxylation sites is 1. The van der Waals surface area contributed by atoms with Crippen molar-refractivity contribution in [3.05, 3.63) is 87.1 Å². The summed E-state index contributed by atoms with van der Waals surface area (Å²) in [5.41, 5.74) is 5.75. The number of amides is 1. The molecule has 1 atom stereocenters. The number of anilines is 1. The SMILES string of the molecule is Cc1ccc(C(=O)NCC(c2cccs2)N2CCc3ccccc32)cc1C. The Kier molecular flexibility index (Phi) is 4.99. The number of fused-ring (bicyclic) bond motifs is 1. The first-order valence-electron chi connectivity index (χ1n) is 9.37. The predicted molar refractivity (Wildman–Crippen MR) is 113 cm³/mol. The summed E-state index contributed by atoms with van der Waals surface area (Å²) in [5, 5.41) is 5.27. The zero-order chi connectivity index (χ0) is 18.8. The molecule has 1 aromatic heterocycles. The van der Waals surface area contributed by atoms with E-state index in [-0.39, 0.29) is 11.9 Å². The maximum atomic E-state index is 12.7. The van der Waals surface area contributed by atoms with Gasteiger partial charge in [0, 0.05) is 29.2 Å². The van der Waals surface area contributed by atoms with Crippen molar-refractivity contribution in [3.8, 4) is 0 Å². The second-order valence-corrected chi connectivity index (χ2v) is 8.09. The molecule has 2 aromatic carbocycles. The molecule has 1 N–H and O–H groups in total. The van der Waals surface area contributed by atoms with Crippen LogP contribution < -0.4 is 10.2 Å². The van der Waals surface area contributed by atoms with Gasteiger partial charge < -0.3 is 10.2 Å². The Balaban J connectivity index is 1.54. The van der Waals surface area contributed by atoms with Crippen LogP contribution in [0.3, 0.4) is 0 Å². The van der Waals surface area contributed by atoms with E-state index in [1.807, 2.05) is 25.1 Å². The van der Waals surface area contributed by atoms with Gasteiger partial charge in [-0.2, -0.15) is 0 Å². The van der Waals surface area contributed by atoms with Crippen LogP contribution in [-0.2, 0) is 6.42 Å². The first-order chi connectivity index (χ1) is 13.1. The van der Waals surface area contributed by atoms with Crippen LogP contribution >= 0.6 is 11.3 Å². The Bertz CT molecular complexity index is 949. The number of aryl methyl sites for hydroxylation is 2. The molecule has 4 rings (SSSR count). The first-order valence-corrected chi connectivity index (χ1v) is 10.2. The van der Waals surface area contributed by atoms with Crippen molar-refractivity contribution in [2.24, 2.45) is 0 Å². The topological polar surface area (TPSA) is 32.3 Å². The fourth-order valence-electron chi connectivity index (χ4n) is 3.71. The van der Waals surface area contributed by atoms with Crippen LogP contribution in [0, 0.1) is 13.8 Å². The lowest BCUT2D eigenvalue weighted by Crippen LogP contribution is -2.37. The highest BCUT2D eigenvalue weighted by Gasteiger charge is 2.28. The van der Waals surface area contributed by atoms with Crippen LogP contribution in [0.2, 0.25) is 0 Å². The number of benzene rings is 2. The summed E-state index contributed by atoms with van der Waals surface area (Å²) in [5.74, 6) is -0.00728. The van der Waals surface area contributed by atoms with Gasteiger partial charge in [-0.1, -0.05) is 30.3 Å². The van der Waals surface area contributed by atoms with E-state index in [9.17, 15) is 4.79 Å². The van der Waals surface area contributed by atoms with Crippen molar-refractivity contribution in [3.63, 3.8) is 0 Å². The summed E-state index contributed by atoms with van der Waals surface area (Å²) in [6.07, 6.45) is 1.06. The van der Waals surface area contributed by atoms with Crippen LogP contribution in [0.25, 0.3) is 0 Å². The monoisotopic (exact) mass is 376 g/mol. The smallest absolute Gasteiger partial charge is 0.251 e. The molecule has 1 aliphatic heterocycles. The molecule has 2 heterocycles. The van der Waals surface area contributed by atoms with Crippen LogP contribution in [0.4, 0.5) is 5.69 Å². The van der Waals surface area contributed by atoms with Gasteiger partial charge in [0.1, 0.15) is 0 Å². The maximum absolute atomic E-state index is 12.7. The predicted octanol–water partition coefficient (Wildman–Crippen LogP) is 4.90. The van der Waals surface area contributed by atoms with E-state index in [4.69, 9.17) is 0 Å². The van der Waals surface area contributed by atoms with Crippen LogP contribution in [0.15, 0.2) is 60.0 Å². The lowest BCUT2D eigenvalue weighted by atomic mass is 10.1. The minimum Gasteiger partial charge on any atom is -0.361 e. The van der Waals surface area contributed by atoms with Gasteiger partial charge in [-0.25, -0.2) is 0 Å². The molecule has 0 saturated carbocycles. The largest absolute Gasteiger partial charge is 0.361 e. The molecular weight excluding hydrogens is 352 g/mol. The van der Waals surface area contributed by atoms with E-state index in [2.05, 4.69) is 58.9 Å². The third kappa shape index (κ3) is 3.62. The van der Waals surface area contributed by atoms with E-state index in [0.29, 0.717) is 6.54 Å². The van der Waals surface area contributed by atoms with Crippen molar-refractivity contribution >= 4 is 22.9 Å². The van der Waals surface area contributed by atoms with E-state index < -0.39 is 0 Å². The van der Waals surface area contributed by atoms with Crippen molar-refractivity contribution in [2.45, 2.75) is 26.3 Å². The van der Waals surface area contributed by atoms with Gasteiger partial charge in [0.2, 0.25) is 0 Å². The molecular formula is C23H24N2OS. The van der Waals surface area contributed by atoms with Crippen molar-refractivity contribution < 1.29 is 4.79 Å². The summed E-state index contributed by atoms with van der Waals surface area (Å²) in [4.78, 5) is 16.4. The molecule has 0 saturated heterocycles. The number of carbonyl (C=O) groups excluding carboxylic acids is 1. The Morgan fingerprint density at radius 1 is 1.11 bits per heavy atom. The molecule has 1 unspecified atom stereocenters. The van der Waals surface area contributed by atoms with E-state index in [1.54, 1.807) is 11.3 Å². The molecule has 4 heteroatoms. The number of thiophene rings is 1. The number of carbonyl (C=O) groups is 1. The summed E-state index contributed by atoms with van der Waals surface area (Å²) < 4.78 is 0. The summed E-state index contributed by atoms with van der Waals surface area (Å²) >= 11 is 1.75. The molecule has 3 aromatic rings. The Hall–Kier alpha value is -2.59. The van der Waals surface area contributed by atoms with Gasteiger partial charge in [0.05, 0.1) is 6.04 Å². The molecule has 0 spiro atoms. The number of rotatable bonds is 5. The molecule has 0 radical (unpaired) electrons. The minimum absolute atomic E-state index is 0.00728. The van der Waals surface area contributed by atoms with E-state index in [1.165, 1.54) is 21.7 Å². The standard InChI is InChI=1S/C23H24N2OS/c1-16-9-10-19(14-17(16)2)23(26)24-15-21(22-8-5-13-27-22)25-12-11-18-6-3-4-7-20(18)25/h3-10,13-14,21H,11-12,15H2,1-2H3,(H,24,26). The third-order valence-corrected chi connectivity index (χ3v) is 6.37. The average Bonchev–Trinajstić information content (AvgIpc) is 3.35. The normalized spacial score (nSPS) is 14.1. The van der Waals surface area contributed by atoms with Crippen LogP contribution in [0.1, 0.15) is 38.0 Å². The summed E-state index contributed by atoms with van der Waals surface area (Å²) in [6, 6.07) is 18.9. The van der Waals surface area contributed by atoms with Crippen molar-refractivity contribution in [1.29, 1.82) is 0 Å². The summed E-state index contributed by atoms with van der Waals surface area (Å²) in [6.45, 7) is 5.69. The van der Waals surface area contributed by atoms with Gasteiger partial charge in [-0.15, -0.1) is 11.3 Å². The molecule has 27 heavy (non-hydrogen) atoms. The average molecular weight is 377 g/mol. The number of nitrogens with zero attached hydrogens (tertiary/aromatic N) is 1. The molecule has 0 fully saturated rings. The van der Waals surface area contributed by atoms with Gasteiger partial charge in [-0.3, -0.25) is 4.79 Å². The lowest BCUT2D eigenvalue weighted by Gasteiger charge is -2.30. The van der Waals surface area contributed by atoms with Crippen molar-refractivity contribution in [1.82, 2.24) is 5.32 Å². The van der Waals surface area contributed by atoms with Crippen LogP contribution in [0.5, 0.6) is 0 Å². The Morgan fingerprint density at radius 2 is 1.96 bits per heavy atom. The molecule has 138 valence electrons. The molecule has 0 aliphatic carbocycles. The summed E-state index contributed by atoms with van der Waals surface area (Å²) in [7, 11) is 0. The fraction of sp³-hybridized carbons (Fsp3) is 0.261. The first kappa shape index (κ1) is 17.8. The molecule has 1 amide bonds. The number of hydrogen-bond acceptors (Lipinski definition) is 3. The van der Waals surface area contributed by atoms with Crippen LogP contribution in [-0.4, -0.2) is 19.0 Å². The quantitative estimate of drug-likeness (QED) is 0.687. The second kappa shape index (κ2) is 7.57. The lowest BCUT2D eigenvalue weighted by molar-refractivity contribution is 0.0951. The van der Waals surface area contributed by atoms with Gasteiger partial charge in [0.25, 0.3) is 5.91 Å². The highest BCUT2D eigenvalue weighted by atomic mass is 32.1. The number of hydrogen-bond donors (Lipinski definition) is 1. The molecule has 3 nitrogen and oxygen atoms in total. The van der Waals surface area contributed by atoms with Gasteiger partial charge in [0.15, 0.2) is 0 Å². The zero-order valence-electron chi connectivity index (χ0n) is 15.7. The maximum Gasteiger partial charge on any atom is 0.251 e. The third-order valence-electron chi connectivity index (χ3n) is 5.40. The Labute approximate surface area is 164 Å². The van der Waals surface area contributed by atoms with Gasteiger partial charge in [-0.05, 0) is 66.6 Å². The second-order valence-electron chi connectivity index (χ2n) is 7.11. The minimum atomic E-state index is -0.00728. The molecule has 0 bridgehead atoms.